The summed E-state index contributed by atoms with van der Waals surface area (Å²) < 4.78 is 10.3. The first-order valence-electron chi connectivity index (χ1n) is 7.39. The van der Waals surface area contributed by atoms with E-state index < -0.39 is 5.97 Å². The van der Waals surface area contributed by atoms with Crippen molar-refractivity contribution in [1.29, 1.82) is 0 Å². The van der Waals surface area contributed by atoms with Crippen LogP contribution in [-0.4, -0.2) is 44.7 Å². The van der Waals surface area contributed by atoms with Crippen molar-refractivity contribution in [3.63, 3.8) is 0 Å². The first kappa shape index (κ1) is 17.4. The Morgan fingerprint density at radius 2 is 1.85 bits per heavy atom. The fourth-order valence-electron chi connectivity index (χ4n) is 3.81. The van der Waals surface area contributed by atoms with Gasteiger partial charge in [-0.3, -0.25) is 4.79 Å². The van der Waals surface area contributed by atoms with Crippen molar-refractivity contribution in [2.45, 2.75) is 45.8 Å². The molecule has 0 amide bonds. The summed E-state index contributed by atoms with van der Waals surface area (Å²) in [5.74, 6) is 0.462. The van der Waals surface area contributed by atoms with E-state index in [-0.39, 0.29) is 18.1 Å². The highest BCUT2D eigenvalue weighted by Gasteiger charge is 2.39. The van der Waals surface area contributed by atoms with Crippen LogP contribution < -0.4 is 5.32 Å². The Morgan fingerprint density at radius 3 is 2.30 bits per heavy atom. The molecule has 20 heavy (non-hydrogen) atoms. The zero-order valence-corrected chi connectivity index (χ0v) is 13.1. The smallest absolute Gasteiger partial charge is 0.303 e. The fraction of sp³-hybridized carbons (Fsp3) is 0.933. The van der Waals surface area contributed by atoms with Crippen molar-refractivity contribution in [3.8, 4) is 0 Å². The van der Waals surface area contributed by atoms with Gasteiger partial charge in [-0.2, -0.15) is 0 Å². The molecular weight excluding hydrogens is 258 g/mol. The molecule has 0 saturated heterocycles. The van der Waals surface area contributed by atoms with Gasteiger partial charge in [-0.15, -0.1) is 0 Å². The van der Waals surface area contributed by atoms with Gasteiger partial charge in [0, 0.05) is 27.3 Å². The zero-order chi connectivity index (χ0) is 15.2. The summed E-state index contributed by atoms with van der Waals surface area (Å²) in [6, 6.07) is 0. The molecule has 1 saturated carbocycles. The van der Waals surface area contributed by atoms with Crippen molar-refractivity contribution in [1.82, 2.24) is 5.32 Å². The molecule has 1 aliphatic rings. The number of carboxylic acids is 1. The van der Waals surface area contributed by atoms with Crippen LogP contribution in [0.15, 0.2) is 0 Å². The Kier molecular flexibility index (Phi) is 6.92. The van der Waals surface area contributed by atoms with Crippen LogP contribution in [0.25, 0.3) is 0 Å². The van der Waals surface area contributed by atoms with Gasteiger partial charge in [0.1, 0.15) is 0 Å². The number of carboxylic acid groups (broad SMARTS) is 1. The van der Waals surface area contributed by atoms with Crippen molar-refractivity contribution < 1.29 is 19.4 Å². The summed E-state index contributed by atoms with van der Waals surface area (Å²) in [7, 11) is 3.21. The average Bonchev–Trinajstić information content (AvgIpc) is 2.32. The van der Waals surface area contributed by atoms with Crippen LogP contribution in [0.3, 0.4) is 0 Å². The SMILES string of the molecule is COC(CNCC1(CC(=O)O)C[C@H](C)C[C@H](C)C1)OC. The molecule has 0 bridgehead atoms. The summed E-state index contributed by atoms with van der Waals surface area (Å²) >= 11 is 0. The third-order valence-electron chi connectivity index (χ3n) is 4.23. The molecule has 1 aliphatic carbocycles. The monoisotopic (exact) mass is 287 g/mol. The maximum atomic E-state index is 11.2. The first-order chi connectivity index (χ1) is 9.40. The number of ether oxygens (including phenoxy) is 2. The molecule has 0 aromatic rings. The van der Waals surface area contributed by atoms with Crippen molar-refractivity contribution in [2.75, 3.05) is 27.3 Å². The minimum Gasteiger partial charge on any atom is -0.481 e. The molecule has 5 heteroatoms. The lowest BCUT2D eigenvalue weighted by Crippen LogP contribution is -2.44. The van der Waals surface area contributed by atoms with E-state index in [9.17, 15) is 9.90 Å². The first-order valence-corrected chi connectivity index (χ1v) is 7.39. The van der Waals surface area contributed by atoms with Crippen molar-refractivity contribution >= 4 is 5.97 Å². The maximum Gasteiger partial charge on any atom is 0.303 e. The van der Waals surface area contributed by atoms with Crippen LogP contribution >= 0.6 is 0 Å². The van der Waals surface area contributed by atoms with E-state index in [4.69, 9.17) is 9.47 Å². The van der Waals surface area contributed by atoms with Crippen LogP contribution in [0.1, 0.15) is 39.5 Å². The Labute approximate surface area is 122 Å². The summed E-state index contributed by atoms with van der Waals surface area (Å²) in [5, 5.41) is 12.6. The Balaban J connectivity index is 2.61. The summed E-state index contributed by atoms with van der Waals surface area (Å²) in [4.78, 5) is 11.2. The number of rotatable bonds is 8. The number of nitrogens with one attached hydrogen (secondary N) is 1. The van der Waals surface area contributed by atoms with Crippen molar-refractivity contribution in [3.05, 3.63) is 0 Å². The number of hydrogen-bond acceptors (Lipinski definition) is 4. The Bertz CT molecular complexity index is 294. The van der Waals surface area contributed by atoms with Gasteiger partial charge < -0.3 is 19.9 Å². The number of hydrogen-bond donors (Lipinski definition) is 2. The minimum absolute atomic E-state index is 0.144. The highest BCUT2D eigenvalue weighted by molar-refractivity contribution is 5.67. The highest BCUT2D eigenvalue weighted by Crippen LogP contribution is 2.44. The Hall–Kier alpha value is -0.650. The van der Waals surface area contributed by atoms with Gasteiger partial charge in [-0.25, -0.2) is 0 Å². The van der Waals surface area contributed by atoms with Gasteiger partial charge in [0.05, 0.1) is 6.42 Å². The highest BCUT2D eigenvalue weighted by atomic mass is 16.7. The third kappa shape index (κ3) is 5.38. The van der Waals surface area contributed by atoms with E-state index in [1.165, 1.54) is 6.42 Å². The van der Waals surface area contributed by atoms with Gasteiger partial charge in [0.25, 0.3) is 0 Å². The van der Waals surface area contributed by atoms with E-state index in [0.29, 0.717) is 24.9 Å². The van der Waals surface area contributed by atoms with Crippen LogP contribution in [0.2, 0.25) is 0 Å². The quantitative estimate of drug-likeness (QED) is 0.669. The molecule has 1 fully saturated rings. The molecule has 0 heterocycles. The normalized spacial score (nSPS) is 30.6. The molecule has 0 aromatic heterocycles. The van der Waals surface area contributed by atoms with Crippen LogP contribution in [0.5, 0.6) is 0 Å². The molecule has 5 nitrogen and oxygen atoms in total. The summed E-state index contributed by atoms with van der Waals surface area (Å²) in [6.07, 6.45) is 3.09. The zero-order valence-electron chi connectivity index (χ0n) is 13.1. The average molecular weight is 287 g/mol. The van der Waals surface area contributed by atoms with Gasteiger partial charge >= 0.3 is 5.97 Å². The summed E-state index contributed by atoms with van der Waals surface area (Å²) in [6.45, 7) is 5.73. The molecule has 0 aliphatic heterocycles. The molecule has 0 radical (unpaired) electrons. The molecule has 118 valence electrons. The van der Waals surface area contributed by atoms with Gasteiger partial charge in [-0.1, -0.05) is 13.8 Å². The maximum absolute atomic E-state index is 11.2. The van der Waals surface area contributed by atoms with Crippen molar-refractivity contribution in [2.24, 2.45) is 17.3 Å². The molecular formula is C15H29NO4. The lowest BCUT2D eigenvalue weighted by molar-refractivity contribution is -0.141. The fourth-order valence-corrected chi connectivity index (χ4v) is 3.81. The second-order valence-corrected chi connectivity index (χ2v) is 6.46. The molecule has 3 atom stereocenters. The van der Waals surface area contributed by atoms with E-state index >= 15 is 0 Å². The van der Waals surface area contributed by atoms with E-state index in [2.05, 4.69) is 19.2 Å². The van der Waals surface area contributed by atoms with E-state index in [0.717, 1.165) is 12.8 Å². The third-order valence-corrected chi connectivity index (χ3v) is 4.23. The molecule has 2 N–H and O–H groups in total. The second-order valence-electron chi connectivity index (χ2n) is 6.46. The van der Waals surface area contributed by atoms with Gasteiger partial charge in [0.15, 0.2) is 6.29 Å². The molecule has 1 rings (SSSR count). The van der Waals surface area contributed by atoms with Gasteiger partial charge in [0.2, 0.25) is 0 Å². The van der Waals surface area contributed by atoms with Gasteiger partial charge in [-0.05, 0) is 36.5 Å². The number of aliphatic carboxylic acids is 1. The lowest BCUT2D eigenvalue weighted by atomic mass is 9.64. The van der Waals surface area contributed by atoms with Crippen LogP contribution in [-0.2, 0) is 14.3 Å². The molecule has 1 unspecified atom stereocenters. The number of methoxy groups -OCH3 is 2. The molecule has 0 aromatic carbocycles. The topological polar surface area (TPSA) is 67.8 Å². The van der Waals surface area contributed by atoms with Crippen LogP contribution in [0, 0.1) is 17.3 Å². The standard InChI is InChI=1S/C15H29NO4/c1-11-5-12(2)7-15(6-11,8-13(17)18)10-16-9-14(19-3)20-4/h11-12,14,16H,5-10H2,1-4H3,(H,17,18)/t11-,12+,15?. The predicted molar refractivity (Wildman–Crippen MR) is 77.5 cm³/mol. The number of carbonyl (C=O) groups is 1. The van der Waals surface area contributed by atoms with E-state index in [1.807, 2.05) is 0 Å². The van der Waals surface area contributed by atoms with Crippen LogP contribution in [0.4, 0.5) is 0 Å². The summed E-state index contributed by atoms with van der Waals surface area (Å²) in [5.41, 5.74) is -0.144. The largest absolute Gasteiger partial charge is 0.481 e. The Morgan fingerprint density at radius 1 is 1.30 bits per heavy atom. The lowest BCUT2D eigenvalue weighted by Gasteiger charge is -2.42. The molecule has 0 spiro atoms. The second kappa shape index (κ2) is 7.96. The van der Waals surface area contributed by atoms with E-state index in [1.54, 1.807) is 14.2 Å². The predicted octanol–water partition coefficient (Wildman–Crippen LogP) is 2.11. The minimum atomic E-state index is -0.705.